The number of likely N-dealkylation sites (tertiary alicyclic amines) is 1. The number of ether oxygens (including phenoxy) is 1. The van der Waals surface area contributed by atoms with E-state index in [-0.39, 0.29) is 42.6 Å². The second kappa shape index (κ2) is 7.33. The number of halogens is 5. The Bertz CT molecular complexity index is 1090. The average Bonchev–Trinajstić information content (AvgIpc) is 3.14. The van der Waals surface area contributed by atoms with Crippen molar-refractivity contribution in [2.45, 2.75) is 24.7 Å². The molecule has 0 bridgehead atoms. The zero-order valence-electron chi connectivity index (χ0n) is 16.0. The van der Waals surface area contributed by atoms with Crippen LogP contribution in [0.4, 0.5) is 27.8 Å². The van der Waals surface area contributed by atoms with Gasteiger partial charge in [0.25, 0.3) is 0 Å². The fraction of sp³-hybridized carbons (Fsp3) is 0.400. The van der Waals surface area contributed by atoms with Crippen molar-refractivity contribution in [2.75, 3.05) is 25.0 Å². The summed E-state index contributed by atoms with van der Waals surface area (Å²) in [6, 6.07) is 7.56. The summed E-state index contributed by atoms with van der Waals surface area (Å²) in [4.78, 5) is 12.2. The molecule has 3 aromatic rings. The molecular formula is C20H18F5N5O. The van der Waals surface area contributed by atoms with Crippen molar-refractivity contribution in [1.29, 1.82) is 0 Å². The van der Waals surface area contributed by atoms with Gasteiger partial charge in [-0.25, -0.2) is 18.7 Å². The Labute approximate surface area is 173 Å². The fourth-order valence-corrected chi connectivity index (χ4v) is 4.17. The minimum atomic E-state index is -4.55. The van der Waals surface area contributed by atoms with Crippen molar-refractivity contribution < 1.29 is 26.7 Å². The molecule has 11 heteroatoms. The first-order valence-electron chi connectivity index (χ1n) is 9.72. The smallest absolute Gasteiger partial charge is 0.431 e. The summed E-state index contributed by atoms with van der Waals surface area (Å²) >= 11 is 0. The lowest BCUT2D eigenvalue weighted by Gasteiger charge is -2.48. The van der Waals surface area contributed by atoms with Crippen molar-refractivity contribution in [3.63, 3.8) is 0 Å². The number of aromatic amines is 1. The quantitative estimate of drug-likeness (QED) is 0.600. The molecule has 4 heterocycles. The van der Waals surface area contributed by atoms with Gasteiger partial charge in [0.05, 0.1) is 17.5 Å². The van der Waals surface area contributed by atoms with E-state index in [0.717, 1.165) is 11.6 Å². The lowest BCUT2D eigenvalue weighted by Crippen LogP contribution is -2.59. The van der Waals surface area contributed by atoms with E-state index in [4.69, 9.17) is 4.74 Å². The number of para-hydroxylation sites is 1. The third kappa shape index (κ3) is 3.56. The monoisotopic (exact) mass is 439 g/mol. The first-order chi connectivity index (χ1) is 14.8. The van der Waals surface area contributed by atoms with Gasteiger partial charge in [0.2, 0.25) is 6.43 Å². The minimum absolute atomic E-state index is 0.0587. The second-order valence-electron chi connectivity index (χ2n) is 7.75. The summed E-state index contributed by atoms with van der Waals surface area (Å²) in [6.07, 6.45) is -5.76. The Hall–Kier alpha value is -2.95. The molecule has 1 aromatic carbocycles. The van der Waals surface area contributed by atoms with Crippen molar-refractivity contribution in [3.05, 3.63) is 47.9 Å². The lowest BCUT2D eigenvalue weighted by molar-refractivity contribution is -0.140. The van der Waals surface area contributed by atoms with Gasteiger partial charge in [-0.2, -0.15) is 13.2 Å². The SMILES string of the molecule is FC(F)C1CN([C@H]2COc3ccccc3[C@@H]2Nc2ncnc3[nH]c(C(F)(F)F)cc23)C1. The standard InChI is InChI=1S/C20H18F5N5O/c21-17(22)10-6-30(7-10)13-8-31-14-4-2-1-3-11(14)16(13)29-19-12-5-15(20(23,24)25)28-18(12)26-9-27-19/h1-5,9-10,13,16-17H,6-8H2,(H2,26,27,28,29)/t13-,16-/m0/s1. The van der Waals surface area contributed by atoms with E-state index < -0.39 is 30.3 Å². The number of alkyl halides is 5. The zero-order valence-corrected chi connectivity index (χ0v) is 16.0. The van der Waals surface area contributed by atoms with Gasteiger partial charge in [-0.1, -0.05) is 18.2 Å². The van der Waals surface area contributed by atoms with Gasteiger partial charge >= 0.3 is 6.18 Å². The molecule has 5 rings (SSSR count). The molecule has 2 N–H and O–H groups in total. The van der Waals surface area contributed by atoms with Crippen molar-refractivity contribution >= 4 is 16.9 Å². The van der Waals surface area contributed by atoms with Gasteiger partial charge in [0, 0.05) is 24.6 Å². The molecular weight excluding hydrogens is 421 g/mol. The van der Waals surface area contributed by atoms with E-state index in [0.29, 0.717) is 5.75 Å². The maximum Gasteiger partial charge on any atom is 0.431 e. The molecule has 0 radical (unpaired) electrons. The van der Waals surface area contributed by atoms with Crippen LogP contribution in [-0.2, 0) is 6.18 Å². The van der Waals surface area contributed by atoms with E-state index in [2.05, 4.69) is 20.3 Å². The number of aromatic nitrogens is 3. The highest BCUT2D eigenvalue weighted by atomic mass is 19.4. The molecule has 2 atom stereocenters. The fourth-order valence-electron chi connectivity index (χ4n) is 4.17. The van der Waals surface area contributed by atoms with Crippen molar-refractivity contribution in [2.24, 2.45) is 5.92 Å². The molecule has 2 aromatic heterocycles. The van der Waals surface area contributed by atoms with Crippen LogP contribution in [0.3, 0.4) is 0 Å². The normalized spacial score (nSPS) is 22.3. The number of hydrogen-bond donors (Lipinski definition) is 2. The van der Waals surface area contributed by atoms with Crippen LogP contribution in [0.1, 0.15) is 17.3 Å². The Kier molecular flexibility index (Phi) is 4.72. The number of nitrogens with zero attached hydrogens (tertiary/aromatic N) is 3. The Balaban J connectivity index is 1.50. The summed E-state index contributed by atoms with van der Waals surface area (Å²) in [5, 5.41) is 3.44. The van der Waals surface area contributed by atoms with E-state index in [1.165, 1.54) is 6.33 Å². The number of anilines is 1. The highest BCUT2D eigenvalue weighted by molar-refractivity contribution is 5.88. The number of hydrogen-bond acceptors (Lipinski definition) is 5. The van der Waals surface area contributed by atoms with Gasteiger partial charge in [0.15, 0.2) is 0 Å². The molecule has 0 aliphatic carbocycles. The average molecular weight is 439 g/mol. The van der Waals surface area contributed by atoms with Crippen LogP contribution < -0.4 is 10.1 Å². The van der Waals surface area contributed by atoms with E-state index in [9.17, 15) is 22.0 Å². The summed E-state index contributed by atoms with van der Waals surface area (Å²) in [5.74, 6) is 0.175. The molecule has 0 saturated carbocycles. The molecule has 164 valence electrons. The third-order valence-corrected chi connectivity index (χ3v) is 5.84. The summed E-state index contributed by atoms with van der Waals surface area (Å²) in [5.41, 5.74) is -0.0708. The predicted molar refractivity (Wildman–Crippen MR) is 102 cm³/mol. The van der Waals surface area contributed by atoms with Crippen molar-refractivity contribution in [3.8, 4) is 5.75 Å². The molecule has 31 heavy (non-hydrogen) atoms. The maximum atomic E-state index is 13.2. The molecule has 6 nitrogen and oxygen atoms in total. The number of rotatable bonds is 4. The third-order valence-electron chi connectivity index (χ3n) is 5.84. The molecule has 0 spiro atoms. The van der Waals surface area contributed by atoms with Crippen LogP contribution in [0.2, 0.25) is 0 Å². The van der Waals surface area contributed by atoms with Crippen LogP contribution in [-0.4, -0.2) is 52.0 Å². The summed E-state index contributed by atoms with van der Waals surface area (Å²) in [6.45, 7) is 0.723. The molecule has 1 fully saturated rings. The first-order valence-corrected chi connectivity index (χ1v) is 9.72. The van der Waals surface area contributed by atoms with Crippen LogP contribution in [0, 0.1) is 5.92 Å². The van der Waals surface area contributed by atoms with Gasteiger partial charge in [-0.3, -0.25) is 4.90 Å². The van der Waals surface area contributed by atoms with E-state index in [1.807, 2.05) is 23.1 Å². The number of benzene rings is 1. The van der Waals surface area contributed by atoms with Crippen molar-refractivity contribution in [1.82, 2.24) is 19.9 Å². The van der Waals surface area contributed by atoms with E-state index >= 15 is 0 Å². The molecule has 1 saturated heterocycles. The van der Waals surface area contributed by atoms with Gasteiger partial charge in [-0.05, 0) is 12.1 Å². The highest BCUT2D eigenvalue weighted by Gasteiger charge is 2.43. The second-order valence-corrected chi connectivity index (χ2v) is 7.75. The molecule has 0 unspecified atom stereocenters. The van der Waals surface area contributed by atoms with Crippen LogP contribution in [0.5, 0.6) is 5.75 Å². The molecule has 2 aliphatic heterocycles. The summed E-state index contributed by atoms with van der Waals surface area (Å²) in [7, 11) is 0. The Morgan fingerprint density at radius 1 is 1.16 bits per heavy atom. The highest BCUT2D eigenvalue weighted by Crippen LogP contribution is 2.40. The van der Waals surface area contributed by atoms with Gasteiger partial charge in [-0.15, -0.1) is 0 Å². The summed E-state index contributed by atoms with van der Waals surface area (Å²) < 4.78 is 71.3. The van der Waals surface area contributed by atoms with E-state index in [1.54, 1.807) is 6.07 Å². The number of fused-ring (bicyclic) bond motifs is 2. The Morgan fingerprint density at radius 2 is 1.94 bits per heavy atom. The molecule has 0 amide bonds. The zero-order chi connectivity index (χ0) is 21.8. The predicted octanol–water partition coefficient (Wildman–Crippen LogP) is 4.09. The number of nitrogens with one attached hydrogen (secondary N) is 2. The maximum absolute atomic E-state index is 13.2. The minimum Gasteiger partial charge on any atom is -0.491 e. The number of H-pyrrole nitrogens is 1. The van der Waals surface area contributed by atoms with Crippen LogP contribution in [0.25, 0.3) is 11.0 Å². The van der Waals surface area contributed by atoms with Crippen LogP contribution in [0.15, 0.2) is 36.7 Å². The van der Waals surface area contributed by atoms with Crippen LogP contribution >= 0.6 is 0 Å². The topological polar surface area (TPSA) is 66.1 Å². The Morgan fingerprint density at radius 3 is 2.68 bits per heavy atom. The molecule has 2 aliphatic rings. The largest absolute Gasteiger partial charge is 0.491 e. The van der Waals surface area contributed by atoms with Gasteiger partial charge < -0.3 is 15.0 Å². The lowest BCUT2D eigenvalue weighted by atomic mass is 9.90. The van der Waals surface area contributed by atoms with Gasteiger partial charge in [0.1, 0.15) is 35.8 Å². The first kappa shape index (κ1) is 20.0.